The number of hydrogen-bond acceptors (Lipinski definition) is 1. The van der Waals surface area contributed by atoms with Crippen molar-refractivity contribution in [2.24, 2.45) is 11.3 Å². The van der Waals surface area contributed by atoms with E-state index in [-0.39, 0.29) is 11.3 Å². The molecule has 1 aliphatic carbocycles. The van der Waals surface area contributed by atoms with Crippen LogP contribution in [0.4, 0.5) is 0 Å². The smallest absolute Gasteiger partial charge is 0.144 e. The number of Topliss-reactive ketones (excluding diaryl/α,β-unsaturated/α-hetero) is 1. The van der Waals surface area contributed by atoms with Crippen molar-refractivity contribution in [3.8, 4) is 0 Å². The fraction of sp³-hybridized carbons (Fsp3) is 0.615. The highest BCUT2D eigenvalue weighted by molar-refractivity contribution is 5.87. The monoisotopic (exact) mass is 192 g/mol. The Labute approximate surface area is 86.9 Å². The van der Waals surface area contributed by atoms with Crippen molar-refractivity contribution in [1.82, 2.24) is 0 Å². The molecule has 0 heterocycles. The molecule has 0 aromatic carbocycles. The van der Waals surface area contributed by atoms with Gasteiger partial charge in [-0.3, -0.25) is 4.79 Å². The van der Waals surface area contributed by atoms with Gasteiger partial charge in [0.15, 0.2) is 0 Å². The van der Waals surface area contributed by atoms with E-state index in [1.165, 1.54) is 11.1 Å². The molecule has 1 nitrogen and oxygen atoms in total. The van der Waals surface area contributed by atoms with E-state index in [4.69, 9.17) is 0 Å². The molecule has 0 fully saturated rings. The summed E-state index contributed by atoms with van der Waals surface area (Å²) in [5.41, 5.74) is 2.42. The van der Waals surface area contributed by atoms with Crippen molar-refractivity contribution in [3.05, 3.63) is 23.3 Å². The maximum absolute atomic E-state index is 11.9. The van der Waals surface area contributed by atoms with E-state index in [1.807, 2.05) is 6.92 Å². The topological polar surface area (TPSA) is 17.1 Å². The average Bonchev–Trinajstić information content (AvgIpc) is 1.95. The molecule has 0 bridgehead atoms. The Morgan fingerprint density at radius 2 is 2.07 bits per heavy atom. The summed E-state index contributed by atoms with van der Waals surface area (Å²) in [7, 11) is 0. The van der Waals surface area contributed by atoms with Gasteiger partial charge in [-0.05, 0) is 26.2 Å². The first-order valence-electron chi connectivity index (χ1n) is 5.19. The summed E-state index contributed by atoms with van der Waals surface area (Å²) < 4.78 is 0. The van der Waals surface area contributed by atoms with Crippen LogP contribution in [0.5, 0.6) is 0 Å². The van der Waals surface area contributed by atoms with Crippen LogP contribution in [0.15, 0.2) is 23.3 Å². The Morgan fingerprint density at radius 3 is 2.50 bits per heavy atom. The molecule has 0 aromatic rings. The maximum atomic E-state index is 11.9. The fourth-order valence-corrected chi connectivity index (χ4v) is 2.22. The minimum atomic E-state index is -0.0172. The van der Waals surface area contributed by atoms with Crippen LogP contribution < -0.4 is 0 Å². The van der Waals surface area contributed by atoms with Crippen LogP contribution in [0, 0.1) is 11.3 Å². The fourth-order valence-electron chi connectivity index (χ4n) is 2.22. The van der Waals surface area contributed by atoms with Gasteiger partial charge >= 0.3 is 0 Å². The predicted octanol–water partition coefficient (Wildman–Crippen LogP) is 3.51. The maximum Gasteiger partial charge on any atom is 0.144 e. The highest BCUT2D eigenvalue weighted by atomic mass is 16.1. The SMILES string of the molecule is CC(C)=CC1C(=O)CC(C)=CC1(C)C. The average molecular weight is 192 g/mol. The molecule has 14 heavy (non-hydrogen) atoms. The molecule has 1 aliphatic rings. The van der Waals surface area contributed by atoms with Crippen LogP contribution >= 0.6 is 0 Å². The van der Waals surface area contributed by atoms with Crippen LogP contribution in [-0.4, -0.2) is 5.78 Å². The minimum absolute atomic E-state index is 0.0172. The van der Waals surface area contributed by atoms with E-state index in [1.54, 1.807) is 0 Å². The van der Waals surface area contributed by atoms with Crippen molar-refractivity contribution >= 4 is 5.78 Å². The third-order valence-electron chi connectivity index (χ3n) is 2.72. The quantitative estimate of drug-likeness (QED) is 0.581. The second-order valence-corrected chi connectivity index (χ2v) is 5.18. The van der Waals surface area contributed by atoms with Crippen molar-refractivity contribution in [2.45, 2.75) is 41.0 Å². The molecule has 1 heteroatoms. The summed E-state index contributed by atoms with van der Waals surface area (Å²) in [6.45, 7) is 10.4. The normalized spacial score (nSPS) is 25.6. The molecular weight excluding hydrogens is 172 g/mol. The van der Waals surface area contributed by atoms with E-state index in [2.05, 4.69) is 39.8 Å². The first kappa shape index (κ1) is 11.2. The summed E-state index contributed by atoms with van der Waals surface area (Å²) in [6.07, 6.45) is 4.96. The lowest BCUT2D eigenvalue weighted by atomic mass is 9.70. The molecule has 0 spiro atoms. The lowest BCUT2D eigenvalue weighted by Crippen LogP contribution is -2.32. The van der Waals surface area contributed by atoms with Gasteiger partial charge in [-0.15, -0.1) is 0 Å². The second-order valence-electron chi connectivity index (χ2n) is 5.18. The molecule has 1 rings (SSSR count). The molecule has 0 N–H and O–H groups in total. The largest absolute Gasteiger partial charge is 0.299 e. The van der Waals surface area contributed by atoms with E-state index in [0.29, 0.717) is 12.2 Å². The number of allylic oxidation sites excluding steroid dienone is 4. The zero-order valence-corrected chi connectivity index (χ0v) is 9.85. The molecule has 0 aliphatic heterocycles. The lowest BCUT2D eigenvalue weighted by molar-refractivity contribution is -0.123. The predicted molar refractivity (Wildman–Crippen MR) is 60.1 cm³/mol. The van der Waals surface area contributed by atoms with E-state index < -0.39 is 0 Å². The zero-order valence-electron chi connectivity index (χ0n) is 9.85. The van der Waals surface area contributed by atoms with Gasteiger partial charge in [0.05, 0.1) is 0 Å². The van der Waals surface area contributed by atoms with Crippen molar-refractivity contribution in [2.75, 3.05) is 0 Å². The first-order chi connectivity index (χ1) is 6.33. The Kier molecular flexibility index (Phi) is 2.98. The summed E-state index contributed by atoms with van der Waals surface area (Å²) in [5, 5.41) is 0. The highest BCUT2D eigenvalue weighted by Crippen LogP contribution is 2.37. The van der Waals surface area contributed by atoms with Gasteiger partial charge in [-0.1, -0.05) is 37.1 Å². The van der Waals surface area contributed by atoms with Gasteiger partial charge in [-0.25, -0.2) is 0 Å². The summed E-state index contributed by atoms with van der Waals surface area (Å²) in [5.74, 6) is 0.424. The van der Waals surface area contributed by atoms with Gasteiger partial charge in [0, 0.05) is 12.3 Å². The summed E-state index contributed by atoms with van der Waals surface area (Å²) in [4.78, 5) is 11.9. The van der Waals surface area contributed by atoms with Crippen LogP contribution in [0.1, 0.15) is 41.0 Å². The van der Waals surface area contributed by atoms with E-state index in [0.717, 1.165) is 0 Å². The number of hydrogen-bond donors (Lipinski definition) is 0. The molecule has 0 saturated heterocycles. The first-order valence-corrected chi connectivity index (χ1v) is 5.19. The van der Waals surface area contributed by atoms with Gasteiger partial charge < -0.3 is 0 Å². The molecule has 0 aromatic heterocycles. The number of rotatable bonds is 1. The van der Waals surface area contributed by atoms with Crippen LogP contribution in [0.2, 0.25) is 0 Å². The zero-order chi connectivity index (χ0) is 10.9. The molecule has 1 atom stereocenters. The summed E-state index contributed by atoms with van der Waals surface area (Å²) in [6, 6.07) is 0. The molecule has 0 amide bonds. The number of carbonyl (C=O) groups is 1. The van der Waals surface area contributed by atoms with Crippen LogP contribution in [0.25, 0.3) is 0 Å². The second kappa shape index (κ2) is 3.72. The van der Waals surface area contributed by atoms with E-state index in [9.17, 15) is 4.79 Å². The van der Waals surface area contributed by atoms with E-state index >= 15 is 0 Å². The molecule has 0 radical (unpaired) electrons. The van der Waals surface area contributed by atoms with Crippen LogP contribution in [0.3, 0.4) is 0 Å². The van der Waals surface area contributed by atoms with Crippen molar-refractivity contribution in [1.29, 1.82) is 0 Å². The van der Waals surface area contributed by atoms with Gasteiger partial charge in [0.2, 0.25) is 0 Å². The Morgan fingerprint density at radius 1 is 1.50 bits per heavy atom. The Hall–Kier alpha value is -0.850. The molecular formula is C13H20O. The summed E-state index contributed by atoms with van der Waals surface area (Å²) >= 11 is 0. The molecule has 1 unspecified atom stereocenters. The molecule has 78 valence electrons. The minimum Gasteiger partial charge on any atom is -0.299 e. The van der Waals surface area contributed by atoms with Crippen LogP contribution in [-0.2, 0) is 4.79 Å². The number of ketones is 1. The molecule has 0 saturated carbocycles. The van der Waals surface area contributed by atoms with Gasteiger partial charge in [0.1, 0.15) is 5.78 Å². The third kappa shape index (κ3) is 2.34. The highest BCUT2D eigenvalue weighted by Gasteiger charge is 2.34. The Balaban J connectivity index is 3.06. The van der Waals surface area contributed by atoms with Crippen molar-refractivity contribution < 1.29 is 4.79 Å². The lowest BCUT2D eigenvalue weighted by Gasteiger charge is -2.33. The van der Waals surface area contributed by atoms with Gasteiger partial charge in [-0.2, -0.15) is 0 Å². The van der Waals surface area contributed by atoms with Gasteiger partial charge in [0.25, 0.3) is 0 Å². The number of carbonyl (C=O) groups excluding carboxylic acids is 1. The standard InChI is InChI=1S/C13H20O/c1-9(2)6-11-12(14)7-10(3)8-13(11,4)5/h6,8,11H,7H2,1-5H3. The third-order valence-corrected chi connectivity index (χ3v) is 2.72. The Bertz CT molecular complexity index is 301. The van der Waals surface area contributed by atoms with Crippen molar-refractivity contribution in [3.63, 3.8) is 0 Å².